The predicted molar refractivity (Wildman–Crippen MR) is 77.9 cm³/mol. The Morgan fingerprint density at radius 3 is 2.75 bits per heavy atom. The molecule has 0 bridgehead atoms. The molecule has 1 atom stereocenters. The summed E-state index contributed by atoms with van der Waals surface area (Å²) in [5.41, 5.74) is -0.858. The van der Waals surface area contributed by atoms with Crippen LogP contribution in [-0.4, -0.2) is 59.4 Å². The number of carbonyl (C=O) groups is 1. The number of nitrogens with one attached hydrogen (secondary N) is 1. The molecule has 2 fully saturated rings. The van der Waals surface area contributed by atoms with Gasteiger partial charge in [0.1, 0.15) is 5.54 Å². The number of aliphatic carboxylic acids is 1. The molecule has 0 radical (unpaired) electrons. The van der Waals surface area contributed by atoms with E-state index in [1.807, 2.05) is 6.92 Å². The van der Waals surface area contributed by atoms with Crippen LogP contribution in [0.5, 0.6) is 0 Å². The van der Waals surface area contributed by atoms with E-state index in [4.69, 9.17) is 4.74 Å². The van der Waals surface area contributed by atoms with E-state index >= 15 is 0 Å². The standard InChI is InChI=1S/C15H28N2O3/c1-14(2)11-17(9-10-20-14)8-4-7-15(3,13(18)19)16-12-5-6-12/h12,16H,4-11H2,1-3H3,(H,18,19). The van der Waals surface area contributed by atoms with Gasteiger partial charge in [-0.25, -0.2) is 0 Å². The first-order valence-corrected chi connectivity index (χ1v) is 7.68. The maximum Gasteiger partial charge on any atom is 0.323 e. The van der Waals surface area contributed by atoms with E-state index in [1.165, 1.54) is 0 Å². The van der Waals surface area contributed by atoms with Crippen molar-refractivity contribution in [2.24, 2.45) is 0 Å². The molecule has 2 N–H and O–H groups in total. The van der Waals surface area contributed by atoms with Crippen molar-refractivity contribution < 1.29 is 14.6 Å². The molecule has 1 aliphatic carbocycles. The van der Waals surface area contributed by atoms with Crippen LogP contribution in [0.2, 0.25) is 0 Å². The van der Waals surface area contributed by atoms with Crippen molar-refractivity contribution in [2.75, 3.05) is 26.2 Å². The van der Waals surface area contributed by atoms with Crippen LogP contribution in [0.25, 0.3) is 0 Å². The Balaban J connectivity index is 1.76. The zero-order valence-electron chi connectivity index (χ0n) is 12.9. The third-order valence-electron chi connectivity index (χ3n) is 4.23. The number of carboxylic acids is 1. The largest absolute Gasteiger partial charge is 0.480 e. The molecule has 2 rings (SSSR count). The molecule has 2 aliphatic rings. The molecule has 1 aliphatic heterocycles. The first-order chi connectivity index (χ1) is 9.31. The first-order valence-electron chi connectivity index (χ1n) is 7.68. The van der Waals surface area contributed by atoms with Crippen molar-refractivity contribution in [3.63, 3.8) is 0 Å². The Morgan fingerprint density at radius 1 is 1.50 bits per heavy atom. The van der Waals surface area contributed by atoms with Crippen LogP contribution in [0.4, 0.5) is 0 Å². The molecule has 5 nitrogen and oxygen atoms in total. The van der Waals surface area contributed by atoms with Gasteiger partial charge in [0, 0.05) is 19.1 Å². The second-order valence-electron chi connectivity index (χ2n) is 7.04. The second-order valence-corrected chi connectivity index (χ2v) is 7.04. The van der Waals surface area contributed by atoms with Gasteiger partial charge >= 0.3 is 5.97 Å². The van der Waals surface area contributed by atoms with Gasteiger partial charge in [-0.15, -0.1) is 0 Å². The van der Waals surface area contributed by atoms with Gasteiger partial charge in [-0.2, -0.15) is 0 Å². The number of nitrogens with zero attached hydrogens (tertiary/aromatic N) is 1. The van der Waals surface area contributed by atoms with Gasteiger partial charge in [0.2, 0.25) is 0 Å². The van der Waals surface area contributed by atoms with Crippen LogP contribution >= 0.6 is 0 Å². The van der Waals surface area contributed by atoms with Crippen molar-refractivity contribution in [1.82, 2.24) is 10.2 Å². The molecule has 1 saturated heterocycles. The molecule has 116 valence electrons. The Kier molecular flexibility index (Phi) is 4.72. The Hall–Kier alpha value is -0.650. The lowest BCUT2D eigenvalue weighted by atomic mass is 9.95. The zero-order valence-corrected chi connectivity index (χ0v) is 12.9. The summed E-state index contributed by atoms with van der Waals surface area (Å²) in [4.78, 5) is 13.9. The molecule has 0 aromatic rings. The molecule has 0 amide bonds. The quantitative estimate of drug-likeness (QED) is 0.741. The topological polar surface area (TPSA) is 61.8 Å². The lowest BCUT2D eigenvalue weighted by Gasteiger charge is -2.38. The highest BCUT2D eigenvalue weighted by molar-refractivity contribution is 5.78. The average Bonchev–Trinajstić information content (AvgIpc) is 3.11. The highest BCUT2D eigenvalue weighted by atomic mass is 16.5. The van der Waals surface area contributed by atoms with Crippen LogP contribution in [-0.2, 0) is 9.53 Å². The van der Waals surface area contributed by atoms with Crippen molar-refractivity contribution in [1.29, 1.82) is 0 Å². The zero-order chi connectivity index (χ0) is 14.8. The normalized spacial score (nSPS) is 26.1. The molecule has 1 heterocycles. The van der Waals surface area contributed by atoms with E-state index < -0.39 is 11.5 Å². The molecule has 5 heteroatoms. The van der Waals surface area contributed by atoms with Crippen molar-refractivity contribution >= 4 is 5.97 Å². The number of rotatable bonds is 7. The molecule has 0 spiro atoms. The molecule has 0 aromatic carbocycles. The van der Waals surface area contributed by atoms with Crippen molar-refractivity contribution in [3.05, 3.63) is 0 Å². The van der Waals surface area contributed by atoms with Gasteiger partial charge in [-0.05, 0) is 53.0 Å². The summed E-state index contributed by atoms with van der Waals surface area (Å²) in [6.45, 7) is 9.61. The highest BCUT2D eigenvalue weighted by Crippen LogP contribution is 2.25. The third kappa shape index (κ3) is 4.43. The van der Waals surface area contributed by atoms with E-state index in [0.29, 0.717) is 12.5 Å². The lowest BCUT2D eigenvalue weighted by molar-refractivity contribution is -0.144. The minimum atomic E-state index is -0.775. The summed E-state index contributed by atoms with van der Waals surface area (Å²) in [5, 5.41) is 12.7. The Labute approximate surface area is 121 Å². The van der Waals surface area contributed by atoms with Crippen molar-refractivity contribution in [3.8, 4) is 0 Å². The number of ether oxygens (including phenoxy) is 1. The lowest BCUT2D eigenvalue weighted by Crippen LogP contribution is -2.52. The van der Waals surface area contributed by atoms with Crippen molar-refractivity contribution in [2.45, 2.75) is 63.6 Å². The summed E-state index contributed by atoms with van der Waals surface area (Å²) < 4.78 is 5.69. The number of hydrogen-bond donors (Lipinski definition) is 2. The second kappa shape index (κ2) is 6.00. The Bertz CT molecular complexity index is 355. The fraction of sp³-hybridized carbons (Fsp3) is 0.933. The fourth-order valence-electron chi connectivity index (χ4n) is 2.88. The fourth-order valence-corrected chi connectivity index (χ4v) is 2.88. The highest BCUT2D eigenvalue weighted by Gasteiger charge is 2.38. The first kappa shape index (κ1) is 15.7. The summed E-state index contributed by atoms with van der Waals surface area (Å²) in [7, 11) is 0. The van der Waals surface area contributed by atoms with Gasteiger partial charge in [0.15, 0.2) is 0 Å². The van der Waals surface area contributed by atoms with Gasteiger partial charge < -0.3 is 9.84 Å². The third-order valence-corrected chi connectivity index (χ3v) is 4.23. The summed E-state index contributed by atoms with van der Waals surface area (Å²) in [6.07, 6.45) is 3.80. The minimum absolute atomic E-state index is 0.0827. The van der Waals surface area contributed by atoms with Gasteiger partial charge in [-0.1, -0.05) is 0 Å². The minimum Gasteiger partial charge on any atom is -0.480 e. The van der Waals surface area contributed by atoms with E-state index in [1.54, 1.807) is 0 Å². The van der Waals surface area contributed by atoms with Gasteiger partial charge in [-0.3, -0.25) is 15.0 Å². The van der Waals surface area contributed by atoms with E-state index in [0.717, 1.165) is 45.5 Å². The Morgan fingerprint density at radius 2 is 2.20 bits per heavy atom. The maximum atomic E-state index is 11.5. The molecule has 20 heavy (non-hydrogen) atoms. The predicted octanol–water partition coefficient (Wildman–Crippen LogP) is 1.47. The van der Waals surface area contributed by atoms with E-state index in [2.05, 4.69) is 24.1 Å². The number of morpholine rings is 1. The van der Waals surface area contributed by atoms with Crippen LogP contribution in [0.3, 0.4) is 0 Å². The molecule has 0 aromatic heterocycles. The molecular formula is C15H28N2O3. The SMILES string of the molecule is CC1(C)CN(CCCC(C)(NC2CC2)C(=O)O)CCO1. The van der Waals surface area contributed by atoms with Gasteiger partial charge in [0.25, 0.3) is 0 Å². The molecular weight excluding hydrogens is 256 g/mol. The summed E-state index contributed by atoms with van der Waals surface area (Å²) in [6, 6.07) is 0.415. The number of hydrogen-bond acceptors (Lipinski definition) is 4. The summed E-state index contributed by atoms with van der Waals surface area (Å²) in [5.74, 6) is -0.730. The monoisotopic (exact) mass is 284 g/mol. The number of carboxylic acid groups (broad SMARTS) is 1. The maximum absolute atomic E-state index is 11.5. The van der Waals surface area contributed by atoms with Gasteiger partial charge in [0.05, 0.1) is 12.2 Å². The molecule has 1 saturated carbocycles. The molecule has 1 unspecified atom stereocenters. The average molecular weight is 284 g/mol. The van der Waals surface area contributed by atoms with E-state index in [9.17, 15) is 9.90 Å². The van der Waals surface area contributed by atoms with Crippen LogP contribution in [0.15, 0.2) is 0 Å². The smallest absolute Gasteiger partial charge is 0.323 e. The van der Waals surface area contributed by atoms with E-state index in [-0.39, 0.29) is 5.60 Å². The van der Waals surface area contributed by atoms with Crippen LogP contribution in [0.1, 0.15) is 46.5 Å². The van der Waals surface area contributed by atoms with Crippen LogP contribution < -0.4 is 5.32 Å². The van der Waals surface area contributed by atoms with Crippen LogP contribution in [0, 0.1) is 0 Å². The summed E-state index contributed by atoms with van der Waals surface area (Å²) >= 11 is 0.